The van der Waals surface area contributed by atoms with Crippen molar-refractivity contribution in [1.82, 2.24) is 5.32 Å². The van der Waals surface area contributed by atoms with Crippen LogP contribution in [0.1, 0.15) is 41.8 Å². The zero-order chi connectivity index (χ0) is 18.9. The van der Waals surface area contributed by atoms with E-state index in [1.165, 1.54) is 5.56 Å². The second-order valence-corrected chi connectivity index (χ2v) is 6.34. The maximum atomic E-state index is 12.2. The van der Waals surface area contributed by atoms with E-state index in [-0.39, 0.29) is 18.6 Å². The second kappa shape index (κ2) is 9.73. The molecule has 2 rings (SSSR count). The zero-order valence-corrected chi connectivity index (χ0v) is 15.1. The lowest BCUT2D eigenvalue weighted by Crippen LogP contribution is -2.41. The summed E-state index contributed by atoms with van der Waals surface area (Å²) in [5, 5.41) is 11.9. The van der Waals surface area contributed by atoms with E-state index in [0.29, 0.717) is 11.1 Å². The van der Waals surface area contributed by atoms with Crippen LogP contribution in [-0.4, -0.2) is 29.1 Å². The number of ether oxygens (including phenoxy) is 1. The third-order valence-corrected chi connectivity index (χ3v) is 4.12. The van der Waals surface area contributed by atoms with Crippen molar-refractivity contribution in [2.75, 3.05) is 0 Å². The largest absolute Gasteiger partial charge is 0.449 e. The molecule has 0 aliphatic rings. The summed E-state index contributed by atoms with van der Waals surface area (Å²) in [5.41, 5.74) is 2.28. The number of aliphatic hydroxyl groups excluding tert-OH is 1. The van der Waals surface area contributed by atoms with E-state index in [4.69, 9.17) is 9.84 Å². The van der Waals surface area contributed by atoms with Gasteiger partial charge in [-0.25, -0.2) is 4.79 Å². The number of hydrogen-bond donors (Lipinski definition) is 2. The molecular weight excluding hydrogens is 330 g/mol. The summed E-state index contributed by atoms with van der Waals surface area (Å²) >= 11 is 0. The van der Waals surface area contributed by atoms with Crippen LogP contribution < -0.4 is 5.32 Å². The molecule has 2 aromatic rings. The number of aliphatic hydroxyl groups is 1. The Hall–Kier alpha value is -2.66. The third-order valence-electron chi connectivity index (χ3n) is 4.12. The van der Waals surface area contributed by atoms with Crippen LogP contribution in [0, 0.1) is 0 Å². The molecular formula is C21H25NO4. The van der Waals surface area contributed by atoms with Crippen LogP contribution in [0.25, 0.3) is 0 Å². The standard InChI is InChI=1S/C21H25NO4/c1-15(8-9-17-6-4-3-5-7-17)22-20(24)16(2)26-21(25)19-12-10-18(14-23)11-13-19/h3-7,10-13,15-16,23H,8-9,14H2,1-2H3,(H,22,24)/t15-,16+/m0/s1. The Labute approximate surface area is 154 Å². The van der Waals surface area contributed by atoms with Crippen LogP contribution in [0.15, 0.2) is 54.6 Å². The first-order valence-corrected chi connectivity index (χ1v) is 8.74. The van der Waals surface area contributed by atoms with Crippen LogP contribution in [-0.2, 0) is 22.6 Å². The van der Waals surface area contributed by atoms with Gasteiger partial charge < -0.3 is 15.2 Å². The van der Waals surface area contributed by atoms with Crippen LogP contribution in [0.3, 0.4) is 0 Å². The molecule has 2 N–H and O–H groups in total. The molecule has 5 heteroatoms. The molecule has 5 nitrogen and oxygen atoms in total. The lowest BCUT2D eigenvalue weighted by Gasteiger charge is -2.18. The summed E-state index contributed by atoms with van der Waals surface area (Å²) in [6.07, 6.45) is 0.798. The van der Waals surface area contributed by atoms with Crippen molar-refractivity contribution in [3.05, 3.63) is 71.3 Å². The van der Waals surface area contributed by atoms with E-state index >= 15 is 0 Å². The number of hydrogen-bond acceptors (Lipinski definition) is 4. The van der Waals surface area contributed by atoms with Gasteiger partial charge in [0.25, 0.3) is 5.91 Å². The van der Waals surface area contributed by atoms with Gasteiger partial charge in [-0.1, -0.05) is 42.5 Å². The highest BCUT2D eigenvalue weighted by Gasteiger charge is 2.20. The van der Waals surface area contributed by atoms with Gasteiger partial charge in [0.15, 0.2) is 6.10 Å². The quantitative estimate of drug-likeness (QED) is 0.714. The van der Waals surface area contributed by atoms with Crippen LogP contribution in [0.2, 0.25) is 0 Å². The molecule has 0 unspecified atom stereocenters. The number of amides is 1. The first kappa shape index (κ1) is 19.7. The van der Waals surface area contributed by atoms with Crippen LogP contribution in [0.4, 0.5) is 0 Å². The molecule has 0 spiro atoms. The fourth-order valence-electron chi connectivity index (χ4n) is 2.49. The van der Waals surface area contributed by atoms with Crippen molar-refractivity contribution in [3.63, 3.8) is 0 Å². The van der Waals surface area contributed by atoms with E-state index < -0.39 is 12.1 Å². The van der Waals surface area contributed by atoms with Crippen LogP contribution >= 0.6 is 0 Å². The van der Waals surface area contributed by atoms with Crippen molar-refractivity contribution in [1.29, 1.82) is 0 Å². The Bertz CT molecular complexity index is 713. The van der Waals surface area contributed by atoms with Gasteiger partial charge in [-0.15, -0.1) is 0 Å². The fraction of sp³-hybridized carbons (Fsp3) is 0.333. The minimum absolute atomic E-state index is 0.0207. The summed E-state index contributed by atoms with van der Waals surface area (Å²) in [5.74, 6) is -0.875. The highest BCUT2D eigenvalue weighted by atomic mass is 16.5. The number of carbonyl (C=O) groups excluding carboxylic acids is 2. The normalized spacial score (nSPS) is 12.9. The van der Waals surface area contributed by atoms with E-state index in [2.05, 4.69) is 17.4 Å². The molecule has 0 aliphatic heterocycles. The van der Waals surface area contributed by atoms with Gasteiger partial charge in [-0.3, -0.25) is 4.79 Å². The molecule has 2 aromatic carbocycles. The van der Waals surface area contributed by atoms with E-state index in [1.54, 1.807) is 31.2 Å². The zero-order valence-electron chi connectivity index (χ0n) is 15.1. The molecule has 26 heavy (non-hydrogen) atoms. The van der Waals surface area contributed by atoms with Crippen molar-refractivity contribution >= 4 is 11.9 Å². The topological polar surface area (TPSA) is 75.6 Å². The number of aryl methyl sites for hydroxylation is 1. The van der Waals surface area contributed by atoms with Gasteiger partial charge in [-0.05, 0) is 49.9 Å². The Morgan fingerprint density at radius 2 is 1.65 bits per heavy atom. The van der Waals surface area contributed by atoms with Crippen molar-refractivity contribution in [3.8, 4) is 0 Å². The van der Waals surface area contributed by atoms with Crippen LogP contribution in [0.5, 0.6) is 0 Å². The summed E-state index contributed by atoms with van der Waals surface area (Å²) in [4.78, 5) is 24.3. The van der Waals surface area contributed by atoms with Gasteiger partial charge in [0, 0.05) is 6.04 Å². The SMILES string of the molecule is C[C@@H](CCc1ccccc1)NC(=O)[C@@H](C)OC(=O)c1ccc(CO)cc1. The van der Waals surface area contributed by atoms with E-state index in [0.717, 1.165) is 12.8 Å². The van der Waals surface area contributed by atoms with Gasteiger partial charge in [0.05, 0.1) is 12.2 Å². The molecule has 0 radical (unpaired) electrons. The second-order valence-electron chi connectivity index (χ2n) is 6.34. The molecule has 0 bridgehead atoms. The smallest absolute Gasteiger partial charge is 0.338 e. The molecule has 138 valence electrons. The number of nitrogens with one attached hydrogen (secondary N) is 1. The molecule has 0 heterocycles. The highest BCUT2D eigenvalue weighted by Crippen LogP contribution is 2.09. The number of benzene rings is 2. The summed E-state index contributed by atoms with van der Waals surface area (Å²) in [6.45, 7) is 3.40. The lowest BCUT2D eigenvalue weighted by molar-refractivity contribution is -0.129. The molecule has 0 aliphatic carbocycles. The average molecular weight is 355 g/mol. The van der Waals surface area contributed by atoms with Gasteiger partial charge >= 0.3 is 5.97 Å². The maximum absolute atomic E-state index is 12.2. The molecule has 1 amide bonds. The summed E-state index contributed by atoms with van der Waals surface area (Å²) < 4.78 is 5.22. The van der Waals surface area contributed by atoms with Crippen molar-refractivity contribution in [2.45, 2.75) is 45.4 Å². The van der Waals surface area contributed by atoms with Crippen molar-refractivity contribution in [2.24, 2.45) is 0 Å². The predicted molar refractivity (Wildman–Crippen MR) is 99.6 cm³/mol. The minimum Gasteiger partial charge on any atom is -0.449 e. The first-order chi connectivity index (χ1) is 12.5. The predicted octanol–water partition coefficient (Wildman–Crippen LogP) is 2.86. The molecule has 2 atom stereocenters. The highest BCUT2D eigenvalue weighted by molar-refractivity contribution is 5.92. The Balaban J connectivity index is 1.79. The number of esters is 1. The molecule has 0 fully saturated rings. The number of rotatable bonds is 8. The van der Waals surface area contributed by atoms with E-state index in [9.17, 15) is 9.59 Å². The fourth-order valence-corrected chi connectivity index (χ4v) is 2.49. The Kier molecular flexibility index (Phi) is 7.36. The Morgan fingerprint density at radius 1 is 1.00 bits per heavy atom. The van der Waals surface area contributed by atoms with E-state index in [1.807, 2.05) is 25.1 Å². The maximum Gasteiger partial charge on any atom is 0.338 e. The average Bonchev–Trinajstić information content (AvgIpc) is 2.67. The Morgan fingerprint density at radius 3 is 2.27 bits per heavy atom. The molecule has 0 aromatic heterocycles. The monoisotopic (exact) mass is 355 g/mol. The number of carbonyl (C=O) groups is 2. The first-order valence-electron chi connectivity index (χ1n) is 8.74. The van der Waals surface area contributed by atoms with Gasteiger partial charge in [0.2, 0.25) is 0 Å². The molecule has 0 saturated carbocycles. The summed E-state index contributed by atoms with van der Waals surface area (Å²) in [7, 11) is 0. The van der Waals surface area contributed by atoms with Gasteiger partial charge in [0.1, 0.15) is 0 Å². The van der Waals surface area contributed by atoms with Gasteiger partial charge in [-0.2, -0.15) is 0 Å². The summed E-state index contributed by atoms with van der Waals surface area (Å²) in [6, 6.07) is 16.5. The third kappa shape index (κ3) is 6.01. The minimum atomic E-state index is -0.876. The van der Waals surface area contributed by atoms with Crippen molar-refractivity contribution < 1.29 is 19.4 Å². The lowest BCUT2D eigenvalue weighted by atomic mass is 10.1. The molecule has 0 saturated heterocycles.